The fourth-order valence-corrected chi connectivity index (χ4v) is 1.98. The Bertz CT molecular complexity index is 664. The number of aromatic amines is 1. The summed E-state index contributed by atoms with van der Waals surface area (Å²) in [6, 6.07) is 10.3. The monoisotopic (exact) mass is 272 g/mol. The van der Waals surface area contributed by atoms with Crippen LogP contribution in [0.15, 0.2) is 47.4 Å². The van der Waals surface area contributed by atoms with E-state index in [4.69, 9.17) is 4.74 Å². The minimum atomic E-state index is -0.412. The topological polar surface area (TPSA) is 71.2 Å². The number of benzene rings is 1. The van der Waals surface area contributed by atoms with E-state index in [0.717, 1.165) is 5.56 Å². The number of H-pyrrole nitrogens is 1. The van der Waals surface area contributed by atoms with Crippen LogP contribution < -0.4 is 15.6 Å². The van der Waals surface area contributed by atoms with Crippen molar-refractivity contribution in [1.29, 1.82) is 0 Å². The zero-order valence-corrected chi connectivity index (χ0v) is 11.3. The molecule has 0 radical (unpaired) electrons. The molecule has 20 heavy (non-hydrogen) atoms. The zero-order chi connectivity index (χ0) is 14.5. The largest absolute Gasteiger partial charge is 0.496 e. The third kappa shape index (κ3) is 2.88. The van der Waals surface area contributed by atoms with Crippen LogP contribution in [0, 0.1) is 0 Å². The molecule has 1 atom stereocenters. The molecule has 2 aromatic rings. The summed E-state index contributed by atoms with van der Waals surface area (Å²) in [5, 5.41) is 2.79. The number of amides is 1. The molecule has 0 unspecified atom stereocenters. The molecule has 2 N–H and O–H groups in total. The van der Waals surface area contributed by atoms with Crippen LogP contribution in [-0.2, 0) is 0 Å². The predicted molar refractivity (Wildman–Crippen MR) is 75.9 cm³/mol. The number of pyridine rings is 1. The first-order valence-corrected chi connectivity index (χ1v) is 6.25. The predicted octanol–water partition coefficient (Wildman–Crippen LogP) is 1.87. The van der Waals surface area contributed by atoms with Crippen LogP contribution in [0.25, 0.3) is 0 Å². The van der Waals surface area contributed by atoms with E-state index in [9.17, 15) is 9.59 Å². The molecule has 0 aliphatic carbocycles. The lowest BCUT2D eigenvalue weighted by Gasteiger charge is -2.17. The lowest BCUT2D eigenvalue weighted by atomic mass is 10.1. The third-order valence-electron chi connectivity index (χ3n) is 3.02. The second-order valence-corrected chi connectivity index (χ2v) is 4.35. The number of nitrogens with one attached hydrogen (secondary N) is 2. The summed E-state index contributed by atoms with van der Waals surface area (Å²) in [5.74, 6) is 0.285. The van der Waals surface area contributed by atoms with Crippen LogP contribution in [-0.4, -0.2) is 18.0 Å². The standard InChI is InChI=1S/C15H16N2O3/c1-10(11-6-3-4-8-13(11)20-2)17-15(19)12-7-5-9-16-14(12)18/h3-10H,1-2H3,(H,16,18)(H,17,19)/t10-/m1/s1. The molecule has 1 amide bonds. The van der Waals surface area contributed by atoms with Crippen molar-refractivity contribution in [2.75, 3.05) is 7.11 Å². The minimum Gasteiger partial charge on any atom is -0.496 e. The van der Waals surface area contributed by atoms with Gasteiger partial charge in [0.05, 0.1) is 13.2 Å². The normalized spacial score (nSPS) is 11.7. The number of hydrogen-bond donors (Lipinski definition) is 2. The molecule has 5 nitrogen and oxygen atoms in total. The van der Waals surface area contributed by atoms with Crippen molar-refractivity contribution in [2.45, 2.75) is 13.0 Å². The van der Waals surface area contributed by atoms with Crippen molar-refractivity contribution >= 4 is 5.91 Å². The van der Waals surface area contributed by atoms with Gasteiger partial charge in [0.15, 0.2) is 0 Å². The van der Waals surface area contributed by atoms with E-state index >= 15 is 0 Å². The van der Waals surface area contributed by atoms with Crippen molar-refractivity contribution in [3.63, 3.8) is 0 Å². The molecule has 0 aliphatic heterocycles. The van der Waals surface area contributed by atoms with Gasteiger partial charge in [-0.1, -0.05) is 18.2 Å². The van der Waals surface area contributed by atoms with Crippen molar-refractivity contribution in [1.82, 2.24) is 10.3 Å². The van der Waals surface area contributed by atoms with E-state index in [-0.39, 0.29) is 11.6 Å². The fourth-order valence-electron chi connectivity index (χ4n) is 1.98. The Kier molecular flexibility index (Phi) is 4.20. The van der Waals surface area contributed by atoms with Gasteiger partial charge in [-0.05, 0) is 25.1 Å². The molecule has 0 aliphatic rings. The first-order valence-electron chi connectivity index (χ1n) is 6.25. The average Bonchev–Trinajstić information content (AvgIpc) is 2.47. The van der Waals surface area contributed by atoms with Crippen LogP contribution in [0.2, 0.25) is 0 Å². The van der Waals surface area contributed by atoms with Crippen molar-refractivity contribution in [3.05, 3.63) is 64.1 Å². The van der Waals surface area contributed by atoms with Gasteiger partial charge in [-0.3, -0.25) is 9.59 Å². The summed E-state index contributed by atoms with van der Waals surface area (Å²) in [7, 11) is 1.58. The Morgan fingerprint density at radius 2 is 2.00 bits per heavy atom. The number of hydrogen-bond acceptors (Lipinski definition) is 3. The second kappa shape index (κ2) is 6.06. The molecule has 0 fully saturated rings. The molecular weight excluding hydrogens is 256 g/mol. The van der Waals surface area contributed by atoms with Crippen molar-refractivity contribution in [3.8, 4) is 5.75 Å². The van der Waals surface area contributed by atoms with Gasteiger partial charge >= 0.3 is 0 Å². The Labute approximate surface area is 116 Å². The number of aromatic nitrogens is 1. The Balaban J connectivity index is 2.20. The number of methoxy groups -OCH3 is 1. The number of ether oxygens (including phenoxy) is 1. The van der Waals surface area contributed by atoms with E-state index in [1.807, 2.05) is 31.2 Å². The summed E-state index contributed by atoms with van der Waals surface area (Å²) < 4.78 is 5.26. The first kappa shape index (κ1) is 13.9. The lowest BCUT2D eigenvalue weighted by molar-refractivity contribution is 0.0938. The summed E-state index contributed by atoms with van der Waals surface area (Å²) in [5.41, 5.74) is 0.544. The van der Waals surface area contributed by atoms with Gasteiger partial charge < -0.3 is 15.0 Å². The maximum absolute atomic E-state index is 12.1. The van der Waals surface area contributed by atoms with Gasteiger partial charge in [0, 0.05) is 11.8 Å². The maximum Gasteiger partial charge on any atom is 0.260 e. The second-order valence-electron chi connectivity index (χ2n) is 4.35. The highest BCUT2D eigenvalue weighted by Gasteiger charge is 2.16. The summed E-state index contributed by atoms with van der Waals surface area (Å²) in [6.45, 7) is 1.84. The van der Waals surface area contributed by atoms with Crippen LogP contribution >= 0.6 is 0 Å². The Hall–Kier alpha value is -2.56. The van der Waals surface area contributed by atoms with Gasteiger partial charge in [-0.2, -0.15) is 0 Å². The highest BCUT2D eigenvalue weighted by atomic mass is 16.5. The van der Waals surface area contributed by atoms with E-state index in [1.54, 1.807) is 13.2 Å². The van der Waals surface area contributed by atoms with Crippen LogP contribution in [0.3, 0.4) is 0 Å². The summed E-state index contributed by atoms with van der Waals surface area (Å²) in [6.07, 6.45) is 1.49. The molecule has 0 bridgehead atoms. The van der Waals surface area contributed by atoms with E-state index in [2.05, 4.69) is 10.3 Å². The molecular formula is C15H16N2O3. The molecule has 0 saturated carbocycles. The summed E-state index contributed by atoms with van der Waals surface area (Å²) >= 11 is 0. The fraction of sp³-hybridized carbons (Fsp3) is 0.200. The summed E-state index contributed by atoms with van der Waals surface area (Å²) in [4.78, 5) is 26.1. The highest BCUT2D eigenvalue weighted by Crippen LogP contribution is 2.24. The third-order valence-corrected chi connectivity index (χ3v) is 3.02. The number of rotatable bonds is 4. The van der Waals surface area contributed by atoms with Crippen molar-refractivity contribution < 1.29 is 9.53 Å². The molecule has 2 rings (SSSR count). The molecule has 1 aromatic carbocycles. The Morgan fingerprint density at radius 3 is 2.70 bits per heavy atom. The SMILES string of the molecule is COc1ccccc1[C@@H](C)NC(=O)c1ccc[nH]c1=O. The van der Waals surface area contributed by atoms with Crippen molar-refractivity contribution in [2.24, 2.45) is 0 Å². The van der Waals surface area contributed by atoms with Gasteiger partial charge in [0.25, 0.3) is 11.5 Å². The van der Waals surface area contributed by atoms with E-state index in [0.29, 0.717) is 5.75 Å². The number of para-hydroxylation sites is 1. The van der Waals surface area contributed by atoms with E-state index < -0.39 is 11.5 Å². The molecule has 1 aromatic heterocycles. The maximum atomic E-state index is 12.1. The Morgan fingerprint density at radius 1 is 1.25 bits per heavy atom. The highest BCUT2D eigenvalue weighted by molar-refractivity contribution is 5.94. The average molecular weight is 272 g/mol. The van der Waals surface area contributed by atoms with Gasteiger partial charge in [-0.15, -0.1) is 0 Å². The van der Waals surface area contributed by atoms with E-state index in [1.165, 1.54) is 12.3 Å². The molecule has 1 heterocycles. The van der Waals surface area contributed by atoms with Gasteiger partial charge in [0.1, 0.15) is 11.3 Å². The minimum absolute atomic E-state index is 0.0919. The first-order chi connectivity index (χ1) is 9.63. The van der Waals surface area contributed by atoms with Crippen LogP contribution in [0.4, 0.5) is 0 Å². The van der Waals surface area contributed by atoms with Gasteiger partial charge in [0.2, 0.25) is 0 Å². The number of carbonyl (C=O) groups is 1. The smallest absolute Gasteiger partial charge is 0.260 e. The molecule has 5 heteroatoms. The molecule has 0 saturated heterocycles. The quantitative estimate of drug-likeness (QED) is 0.892. The van der Waals surface area contributed by atoms with Crippen LogP contribution in [0.5, 0.6) is 5.75 Å². The van der Waals surface area contributed by atoms with Gasteiger partial charge in [-0.25, -0.2) is 0 Å². The number of carbonyl (C=O) groups excluding carboxylic acids is 1. The zero-order valence-electron chi connectivity index (χ0n) is 11.3. The lowest BCUT2D eigenvalue weighted by Crippen LogP contribution is -2.31. The molecule has 104 valence electrons. The molecule has 0 spiro atoms. The van der Waals surface area contributed by atoms with Crippen LogP contribution in [0.1, 0.15) is 28.9 Å².